The molecule has 0 spiro atoms. The van der Waals surface area contributed by atoms with Crippen molar-refractivity contribution >= 4 is 23.2 Å². The normalized spacial score (nSPS) is 22.3. The zero-order valence-electron chi connectivity index (χ0n) is 11.5. The molecule has 20 heavy (non-hydrogen) atoms. The van der Waals surface area contributed by atoms with Crippen LogP contribution in [0, 0.1) is 6.92 Å². The minimum atomic E-state index is -0.469. The molecule has 0 aliphatic heterocycles. The summed E-state index contributed by atoms with van der Waals surface area (Å²) in [5, 5.41) is 15.2. The fourth-order valence-electron chi connectivity index (χ4n) is 2.34. The van der Waals surface area contributed by atoms with Crippen LogP contribution in [-0.4, -0.2) is 35.6 Å². The van der Waals surface area contributed by atoms with Gasteiger partial charge < -0.3 is 15.7 Å². The van der Waals surface area contributed by atoms with E-state index in [0.29, 0.717) is 4.88 Å². The Hall–Kier alpha value is -1.40. The van der Waals surface area contributed by atoms with E-state index >= 15 is 0 Å². The summed E-state index contributed by atoms with van der Waals surface area (Å²) in [7, 11) is 0. The number of aryl methyl sites for hydroxylation is 1. The predicted octanol–water partition coefficient (Wildman–Crippen LogP) is 1.21. The first-order valence-electron chi connectivity index (χ1n) is 6.88. The first kappa shape index (κ1) is 15.0. The number of aliphatic hydroxyl groups excluding tert-OH is 1. The minimum absolute atomic E-state index is 0.0565. The molecule has 1 heterocycles. The molecule has 1 aliphatic carbocycles. The number of nitrogens with one attached hydrogen (secondary N) is 2. The van der Waals surface area contributed by atoms with Crippen LogP contribution in [0.1, 0.15) is 40.2 Å². The van der Waals surface area contributed by atoms with Gasteiger partial charge in [0.15, 0.2) is 0 Å². The topological polar surface area (TPSA) is 78.4 Å². The molecule has 0 unspecified atom stereocenters. The van der Waals surface area contributed by atoms with Crippen LogP contribution >= 0.6 is 11.3 Å². The van der Waals surface area contributed by atoms with Crippen LogP contribution in [0.3, 0.4) is 0 Å². The number of amides is 2. The first-order chi connectivity index (χ1) is 9.56. The quantitative estimate of drug-likeness (QED) is 0.781. The molecule has 1 aromatic rings. The van der Waals surface area contributed by atoms with Gasteiger partial charge in [-0.1, -0.05) is 12.8 Å². The standard InChI is InChI=1S/C14H20N2O3S/c1-9-6-7-12(20-9)14(19)15-8-13(18)16-10-4-2-3-5-11(10)17/h6-7,10-11,17H,2-5,8H2,1H3,(H,15,19)(H,16,18)/t10-,11-/m1/s1. The molecule has 0 bridgehead atoms. The highest BCUT2D eigenvalue weighted by molar-refractivity contribution is 7.13. The predicted molar refractivity (Wildman–Crippen MR) is 77.8 cm³/mol. The van der Waals surface area contributed by atoms with Gasteiger partial charge in [0.25, 0.3) is 5.91 Å². The SMILES string of the molecule is Cc1ccc(C(=O)NCC(=O)N[C@@H]2CCCC[C@H]2O)s1. The number of carbonyl (C=O) groups excluding carboxylic acids is 2. The lowest BCUT2D eigenvalue weighted by Crippen LogP contribution is -2.48. The highest BCUT2D eigenvalue weighted by atomic mass is 32.1. The van der Waals surface area contributed by atoms with Crippen LogP contribution in [0.2, 0.25) is 0 Å². The summed E-state index contributed by atoms with van der Waals surface area (Å²) in [6.45, 7) is 1.87. The van der Waals surface area contributed by atoms with Crippen molar-refractivity contribution in [2.45, 2.75) is 44.8 Å². The molecule has 1 aromatic heterocycles. The van der Waals surface area contributed by atoms with Gasteiger partial charge in [-0.25, -0.2) is 0 Å². The summed E-state index contributed by atoms with van der Waals surface area (Å²) in [4.78, 5) is 25.2. The van der Waals surface area contributed by atoms with E-state index in [-0.39, 0.29) is 24.4 Å². The number of rotatable bonds is 4. The Balaban J connectivity index is 1.76. The first-order valence-corrected chi connectivity index (χ1v) is 7.70. The van der Waals surface area contributed by atoms with Gasteiger partial charge in [-0.3, -0.25) is 9.59 Å². The molecule has 2 amide bonds. The van der Waals surface area contributed by atoms with Crippen LogP contribution in [0.4, 0.5) is 0 Å². The summed E-state index contributed by atoms with van der Waals surface area (Å²) in [6.07, 6.45) is 3.07. The minimum Gasteiger partial charge on any atom is -0.391 e. The van der Waals surface area contributed by atoms with E-state index in [0.717, 1.165) is 30.6 Å². The van der Waals surface area contributed by atoms with Crippen molar-refractivity contribution in [2.75, 3.05) is 6.54 Å². The lowest BCUT2D eigenvalue weighted by atomic mass is 9.92. The van der Waals surface area contributed by atoms with Gasteiger partial charge in [-0.05, 0) is 31.9 Å². The molecule has 0 aromatic carbocycles. The van der Waals surface area contributed by atoms with Crippen molar-refractivity contribution in [2.24, 2.45) is 0 Å². The van der Waals surface area contributed by atoms with E-state index in [2.05, 4.69) is 10.6 Å². The number of carbonyl (C=O) groups is 2. The van der Waals surface area contributed by atoms with Crippen molar-refractivity contribution in [3.63, 3.8) is 0 Å². The average molecular weight is 296 g/mol. The van der Waals surface area contributed by atoms with Gasteiger partial charge in [-0.2, -0.15) is 0 Å². The molecule has 1 aliphatic rings. The summed E-state index contributed by atoms with van der Waals surface area (Å²) in [5.41, 5.74) is 0. The largest absolute Gasteiger partial charge is 0.391 e. The molecule has 3 N–H and O–H groups in total. The maximum Gasteiger partial charge on any atom is 0.261 e. The van der Waals surface area contributed by atoms with Gasteiger partial charge in [0.1, 0.15) is 0 Å². The molecule has 0 saturated heterocycles. The Kier molecular flexibility index (Phi) is 5.14. The lowest BCUT2D eigenvalue weighted by Gasteiger charge is -2.28. The average Bonchev–Trinajstić information content (AvgIpc) is 2.85. The van der Waals surface area contributed by atoms with E-state index < -0.39 is 6.10 Å². The van der Waals surface area contributed by atoms with Crippen LogP contribution in [0.25, 0.3) is 0 Å². The Morgan fingerprint density at radius 3 is 2.75 bits per heavy atom. The van der Waals surface area contributed by atoms with Crippen molar-refractivity contribution in [1.82, 2.24) is 10.6 Å². The van der Waals surface area contributed by atoms with Crippen LogP contribution < -0.4 is 10.6 Å². The Labute approximate surface area is 122 Å². The third-order valence-corrected chi connectivity index (χ3v) is 4.45. The maximum atomic E-state index is 11.8. The van der Waals surface area contributed by atoms with Gasteiger partial charge in [0.2, 0.25) is 5.91 Å². The molecule has 2 atom stereocenters. The van der Waals surface area contributed by atoms with Gasteiger partial charge >= 0.3 is 0 Å². The van der Waals surface area contributed by atoms with Crippen LogP contribution in [0.15, 0.2) is 12.1 Å². The molecule has 0 radical (unpaired) electrons. The Morgan fingerprint density at radius 2 is 2.10 bits per heavy atom. The van der Waals surface area contributed by atoms with Crippen molar-refractivity contribution in [1.29, 1.82) is 0 Å². The number of hydrogen-bond acceptors (Lipinski definition) is 4. The molecule has 2 rings (SSSR count). The van der Waals surface area contributed by atoms with Crippen molar-refractivity contribution in [3.8, 4) is 0 Å². The van der Waals surface area contributed by atoms with Crippen molar-refractivity contribution in [3.05, 3.63) is 21.9 Å². The van der Waals surface area contributed by atoms with E-state index in [1.165, 1.54) is 11.3 Å². The second-order valence-corrected chi connectivity index (χ2v) is 6.41. The smallest absolute Gasteiger partial charge is 0.261 e. The number of hydrogen-bond donors (Lipinski definition) is 3. The summed E-state index contributed by atoms with van der Waals surface area (Å²) in [6, 6.07) is 3.44. The second kappa shape index (κ2) is 6.85. The van der Waals surface area contributed by atoms with E-state index in [9.17, 15) is 14.7 Å². The van der Waals surface area contributed by atoms with Gasteiger partial charge in [0.05, 0.1) is 23.6 Å². The Bertz CT molecular complexity index is 487. The third-order valence-electron chi connectivity index (χ3n) is 3.45. The third kappa shape index (κ3) is 4.05. The molecule has 6 heteroatoms. The van der Waals surface area contributed by atoms with E-state index in [4.69, 9.17) is 0 Å². The van der Waals surface area contributed by atoms with Gasteiger partial charge in [0, 0.05) is 4.88 Å². The molecule has 110 valence electrons. The number of aliphatic hydroxyl groups is 1. The fourth-order valence-corrected chi connectivity index (χ4v) is 3.13. The summed E-state index contributed by atoms with van der Waals surface area (Å²) < 4.78 is 0. The number of thiophene rings is 1. The molecule has 5 nitrogen and oxygen atoms in total. The van der Waals surface area contributed by atoms with Crippen LogP contribution in [0.5, 0.6) is 0 Å². The summed E-state index contributed by atoms with van der Waals surface area (Å²) >= 11 is 1.40. The van der Waals surface area contributed by atoms with Crippen molar-refractivity contribution < 1.29 is 14.7 Å². The molecule has 1 saturated carbocycles. The lowest BCUT2D eigenvalue weighted by molar-refractivity contribution is -0.122. The second-order valence-electron chi connectivity index (χ2n) is 5.12. The monoisotopic (exact) mass is 296 g/mol. The van der Waals surface area contributed by atoms with E-state index in [1.54, 1.807) is 6.07 Å². The maximum absolute atomic E-state index is 11.8. The van der Waals surface area contributed by atoms with E-state index in [1.807, 2.05) is 13.0 Å². The highest BCUT2D eigenvalue weighted by Gasteiger charge is 2.24. The summed E-state index contributed by atoms with van der Waals surface area (Å²) in [5.74, 6) is -0.486. The molecular formula is C14H20N2O3S. The molecular weight excluding hydrogens is 276 g/mol. The molecule has 1 fully saturated rings. The Morgan fingerprint density at radius 1 is 1.35 bits per heavy atom. The fraction of sp³-hybridized carbons (Fsp3) is 0.571. The van der Waals surface area contributed by atoms with Gasteiger partial charge in [-0.15, -0.1) is 11.3 Å². The zero-order chi connectivity index (χ0) is 14.5. The highest BCUT2D eigenvalue weighted by Crippen LogP contribution is 2.18. The van der Waals surface area contributed by atoms with Crippen LogP contribution in [-0.2, 0) is 4.79 Å². The zero-order valence-corrected chi connectivity index (χ0v) is 12.3.